The summed E-state index contributed by atoms with van der Waals surface area (Å²) in [4.78, 5) is 26.8. The largest absolute Gasteiger partial charge is 0.481 e. The number of urea groups is 1. The van der Waals surface area contributed by atoms with Crippen molar-refractivity contribution >= 4 is 12.0 Å². The number of carbonyl (C=O) groups excluding carboxylic acids is 1. The van der Waals surface area contributed by atoms with Crippen molar-refractivity contribution in [3.05, 3.63) is 12.2 Å². The van der Waals surface area contributed by atoms with Crippen LogP contribution in [0.4, 0.5) is 4.79 Å². The van der Waals surface area contributed by atoms with Crippen molar-refractivity contribution in [2.45, 2.75) is 33.7 Å². The number of hydrogen-bond donors (Lipinski definition) is 3. The molecular weight excluding hydrogens is 274 g/mol. The molecule has 3 N–H and O–H groups in total. The third kappa shape index (κ3) is 6.73. The summed E-state index contributed by atoms with van der Waals surface area (Å²) in [7, 11) is 1.74. The van der Waals surface area contributed by atoms with E-state index in [1.807, 2.05) is 20.8 Å². The molecule has 0 aliphatic carbocycles. The number of carboxylic acids is 1. The van der Waals surface area contributed by atoms with Gasteiger partial charge in [0.2, 0.25) is 0 Å². The van der Waals surface area contributed by atoms with E-state index in [9.17, 15) is 9.59 Å². The van der Waals surface area contributed by atoms with E-state index in [0.29, 0.717) is 12.2 Å². The molecule has 0 saturated carbocycles. The highest BCUT2D eigenvalue weighted by Gasteiger charge is 2.24. The van der Waals surface area contributed by atoms with Crippen LogP contribution in [0.5, 0.6) is 0 Å². The van der Waals surface area contributed by atoms with Crippen LogP contribution in [0.25, 0.3) is 0 Å². The summed E-state index contributed by atoms with van der Waals surface area (Å²) in [5.74, 6) is -1.02. The van der Waals surface area contributed by atoms with E-state index < -0.39 is 17.9 Å². The lowest BCUT2D eigenvalue weighted by Gasteiger charge is -2.23. The van der Waals surface area contributed by atoms with Gasteiger partial charge in [-0.25, -0.2) is 9.78 Å². The lowest BCUT2D eigenvalue weighted by molar-refractivity contribution is -0.142. The summed E-state index contributed by atoms with van der Waals surface area (Å²) in [6.45, 7) is 6.19. The molecule has 0 aliphatic heterocycles. The first-order valence-corrected chi connectivity index (χ1v) is 6.76. The summed E-state index contributed by atoms with van der Waals surface area (Å²) in [6.07, 6.45) is 2.03. The molecule has 1 rings (SSSR count). The predicted octanol–water partition coefficient (Wildman–Crippen LogP) is 0.751. The molecule has 0 aliphatic rings. The number of nitrogens with zero attached hydrogens (tertiary/aromatic N) is 3. The van der Waals surface area contributed by atoms with Gasteiger partial charge in [0.25, 0.3) is 0 Å². The highest BCUT2D eigenvalue weighted by atomic mass is 16.4. The molecule has 21 heavy (non-hydrogen) atoms. The number of carboxylic acid groups (broad SMARTS) is 1. The molecule has 118 valence electrons. The van der Waals surface area contributed by atoms with Crippen LogP contribution < -0.4 is 10.6 Å². The average molecular weight is 297 g/mol. The molecule has 0 fully saturated rings. The highest BCUT2D eigenvalue weighted by molar-refractivity contribution is 5.75. The van der Waals surface area contributed by atoms with E-state index in [1.165, 1.54) is 0 Å². The minimum absolute atomic E-state index is 0.0914. The van der Waals surface area contributed by atoms with Gasteiger partial charge >= 0.3 is 12.0 Å². The Bertz CT molecular complexity index is 492. The van der Waals surface area contributed by atoms with E-state index in [4.69, 9.17) is 5.11 Å². The SMILES string of the molecule is Cn1cnc(CNC(=O)NCC(CC(C)(C)C)C(=O)O)n1. The van der Waals surface area contributed by atoms with Crippen molar-refractivity contribution in [3.63, 3.8) is 0 Å². The summed E-state index contributed by atoms with van der Waals surface area (Å²) in [5.41, 5.74) is -0.112. The van der Waals surface area contributed by atoms with Crippen LogP contribution in [0.15, 0.2) is 6.33 Å². The predicted molar refractivity (Wildman–Crippen MR) is 76.4 cm³/mol. The van der Waals surface area contributed by atoms with Crippen molar-refractivity contribution in [2.24, 2.45) is 18.4 Å². The molecule has 8 heteroatoms. The van der Waals surface area contributed by atoms with E-state index in [2.05, 4.69) is 20.7 Å². The van der Waals surface area contributed by atoms with E-state index in [1.54, 1.807) is 18.1 Å². The number of aryl methyl sites for hydroxylation is 1. The molecule has 1 aromatic rings. The fraction of sp³-hybridized carbons (Fsp3) is 0.692. The lowest BCUT2D eigenvalue weighted by Crippen LogP contribution is -2.40. The maximum atomic E-state index is 11.6. The van der Waals surface area contributed by atoms with Crippen LogP contribution in [0.2, 0.25) is 0 Å². The number of nitrogens with one attached hydrogen (secondary N) is 2. The first kappa shape index (κ1) is 16.9. The monoisotopic (exact) mass is 297 g/mol. The van der Waals surface area contributed by atoms with Crippen molar-refractivity contribution in [2.75, 3.05) is 6.54 Å². The van der Waals surface area contributed by atoms with Gasteiger partial charge in [0, 0.05) is 13.6 Å². The van der Waals surface area contributed by atoms with Crippen LogP contribution in [0.3, 0.4) is 0 Å². The molecule has 0 aromatic carbocycles. The third-order valence-electron chi connectivity index (χ3n) is 2.77. The van der Waals surface area contributed by atoms with E-state index >= 15 is 0 Å². The van der Waals surface area contributed by atoms with Crippen molar-refractivity contribution < 1.29 is 14.7 Å². The molecule has 8 nitrogen and oxygen atoms in total. The first-order chi connectivity index (χ1) is 9.67. The molecule has 1 atom stereocenters. The van der Waals surface area contributed by atoms with Gasteiger partial charge in [0.1, 0.15) is 6.33 Å². The Balaban J connectivity index is 2.37. The van der Waals surface area contributed by atoms with Crippen LogP contribution in [-0.2, 0) is 18.4 Å². The minimum atomic E-state index is -0.906. The minimum Gasteiger partial charge on any atom is -0.481 e. The van der Waals surface area contributed by atoms with E-state index in [0.717, 1.165) is 0 Å². The zero-order chi connectivity index (χ0) is 16.0. The third-order valence-corrected chi connectivity index (χ3v) is 2.77. The zero-order valence-electron chi connectivity index (χ0n) is 12.9. The van der Waals surface area contributed by atoms with Crippen LogP contribution in [0.1, 0.15) is 33.0 Å². The van der Waals surface area contributed by atoms with Gasteiger partial charge in [0.15, 0.2) is 5.82 Å². The van der Waals surface area contributed by atoms with Gasteiger partial charge in [0.05, 0.1) is 12.5 Å². The summed E-state index contributed by atoms with van der Waals surface area (Å²) >= 11 is 0. The van der Waals surface area contributed by atoms with Gasteiger partial charge in [-0.2, -0.15) is 5.10 Å². The number of hydrogen-bond acceptors (Lipinski definition) is 4. The maximum Gasteiger partial charge on any atom is 0.315 e. The zero-order valence-corrected chi connectivity index (χ0v) is 12.9. The second-order valence-electron chi connectivity index (χ2n) is 6.20. The molecule has 2 amide bonds. The van der Waals surface area contributed by atoms with Crippen molar-refractivity contribution in [3.8, 4) is 0 Å². The van der Waals surface area contributed by atoms with Crippen molar-refractivity contribution in [1.82, 2.24) is 25.4 Å². The quantitative estimate of drug-likeness (QED) is 0.718. The Morgan fingerprint density at radius 1 is 1.38 bits per heavy atom. The topological polar surface area (TPSA) is 109 Å². The van der Waals surface area contributed by atoms with E-state index in [-0.39, 0.29) is 18.5 Å². The molecule has 1 unspecified atom stereocenters. The van der Waals surface area contributed by atoms with Gasteiger partial charge < -0.3 is 15.7 Å². The summed E-state index contributed by atoms with van der Waals surface area (Å²) in [5, 5.41) is 18.3. The maximum absolute atomic E-state index is 11.6. The smallest absolute Gasteiger partial charge is 0.315 e. The molecule has 0 saturated heterocycles. The fourth-order valence-electron chi connectivity index (χ4n) is 1.89. The first-order valence-electron chi connectivity index (χ1n) is 6.76. The molecule has 0 bridgehead atoms. The van der Waals surface area contributed by atoms with Crippen LogP contribution in [-0.4, -0.2) is 38.4 Å². The second kappa shape index (κ2) is 7.05. The number of aliphatic carboxylic acids is 1. The van der Waals surface area contributed by atoms with Crippen molar-refractivity contribution in [1.29, 1.82) is 0 Å². The average Bonchev–Trinajstić information content (AvgIpc) is 2.76. The molecule has 0 spiro atoms. The van der Waals surface area contributed by atoms with Gasteiger partial charge in [-0.3, -0.25) is 9.48 Å². The Kier molecular flexibility index (Phi) is 5.69. The lowest BCUT2D eigenvalue weighted by atomic mass is 9.84. The second-order valence-corrected chi connectivity index (χ2v) is 6.20. The molecule has 1 heterocycles. The molecular formula is C13H23N5O3. The van der Waals surface area contributed by atoms with Gasteiger partial charge in [-0.05, 0) is 11.8 Å². The van der Waals surface area contributed by atoms with Crippen LogP contribution >= 0.6 is 0 Å². The molecule has 1 aromatic heterocycles. The van der Waals surface area contributed by atoms with Gasteiger partial charge in [-0.15, -0.1) is 0 Å². The Labute approximate surface area is 123 Å². The Morgan fingerprint density at radius 2 is 2.05 bits per heavy atom. The summed E-state index contributed by atoms with van der Waals surface area (Å²) < 4.78 is 1.54. The van der Waals surface area contributed by atoms with Gasteiger partial charge in [-0.1, -0.05) is 20.8 Å². The highest BCUT2D eigenvalue weighted by Crippen LogP contribution is 2.24. The fourth-order valence-corrected chi connectivity index (χ4v) is 1.89. The number of amides is 2. The molecule has 0 radical (unpaired) electrons. The van der Waals surface area contributed by atoms with Crippen LogP contribution in [0, 0.1) is 11.3 Å². The Hall–Kier alpha value is -2.12. The normalized spacial score (nSPS) is 12.8. The number of rotatable bonds is 6. The number of carbonyl (C=O) groups is 2. The standard InChI is InChI=1S/C13H23N5O3/c1-13(2,3)5-9(11(19)20)6-14-12(21)15-7-10-16-8-18(4)17-10/h8-9H,5-7H2,1-4H3,(H,19,20)(H2,14,15,21). The number of aromatic nitrogens is 3. The Morgan fingerprint density at radius 3 is 2.52 bits per heavy atom. The summed E-state index contributed by atoms with van der Waals surface area (Å²) in [6, 6.07) is -0.428.